The number of piperazine rings is 1. The molecule has 1 aliphatic carbocycles. The zero-order valence-electron chi connectivity index (χ0n) is 12.1. The number of fused-ring (bicyclic) bond motifs is 1. The van der Waals surface area contributed by atoms with Crippen LogP contribution in [0, 0.1) is 0 Å². The van der Waals surface area contributed by atoms with Gasteiger partial charge in [0, 0.05) is 31.6 Å². The molecule has 3 fully saturated rings. The topological polar surface area (TPSA) is 52.7 Å². The van der Waals surface area contributed by atoms with Gasteiger partial charge in [0.1, 0.15) is 5.54 Å². The van der Waals surface area contributed by atoms with Gasteiger partial charge in [-0.3, -0.25) is 9.69 Å². The first-order chi connectivity index (χ1) is 10.1. The fourth-order valence-corrected chi connectivity index (χ4v) is 3.66. The molecule has 1 saturated carbocycles. The van der Waals surface area contributed by atoms with E-state index in [2.05, 4.69) is 17.4 Å². The van der Waals surface area contributed by atoms with E-state index in [4.69, 9.17) is 0 Å². The van der Waals surface area contributed by atoms with Crippen molar-refractivity contribution in [3.63, 3.8) is 0 Å². The average Bonchev–Trinajstić information content (AvgIpc) is 3.25. The number of hydrogen-bond acceptors (Lipinski definition) is 3. The number of benzene rings is 1. The molecule has 2 aliphatic heterocycles. The highest BCUT2D eigenvalue weighted by molar-refractivity contribution is 6.07. The molecule has 0 bridgehead atoms. The number of nitrogens with zero attached hydrogens (tertiary/aromatic N) is 2. The van der Waals surface area contributed by atoms with Crippen molar-refractivity contribution in [2.45, 2.75) is 30.8 Å². The Morgan fingerprint density at radius 1 is 1.24 bits per heavy atom. The molecule has 3 aliphatic rings. The Morgan fingerprint density at radius 3 is 2.71 bits per heavy atom. The van der Waals surface area contributed by atoms with Crippen LogP contribution in [-0.4, -0.2) is 53.0 Å². The van der Waals surface area contributed by atoms with Gasteiger partial charge in [0.05, 0.1) is 0 Å². The molecule has 4 rings (SSSR count). The summed E-state index contributed by atoms with van der Waals surface area (Å²) >= 11 is 0. The Hall–Kier alpha value is -1.88. The molecule has 0 radical (unpaired) electrons. The predicted molar refractivity (Wildman–Crippen MR) is 77.8 cm³/mol. The first kappa shape index (κ1) is 12.8. The summed E-state index contributed by atoms with van der Waals surface area (Å²) in [7, 11) is 0. The molecule has 0 unspecified atom stereocenters. The van der Waals surface area contributed by atoms with Crippen molar-refractivity contribution in [3.05, 3.63) is 35.9 Å². The maximum atomic E-state index is 12.8. The third-order valence-electron chi connectivity index (χ3n) is 5.01. The quantitative estimate of drug-likeness (QED) is 0.830. The van der Waals surface area contributed by atoms with Crippen LogP contribution in [0.5, 0.6) is 0 Å². The first-order valence-electron chi connectivity index (χ1n) is 7.54. The van der Waals surface area contributed by atoms with E-state index in [1.165, 1.54) is 10.5 Å². The second-order valence-corrected chi connectivity index (χ2v) is 6.38. The second-order valence-electron chi connectivity index (χ2n) is 6.38. The number of amides is 3. The smallest absolute Gasteiger partial charge is 0.312 e. The number of rotatable bonds is 2. The van der Waals surface area contributed by atoms with Crippen molar-refractivity contribution < 1.29 is 9.59 Å². The van der Waals surface area contributed by atoms with Crippen LogP contribution in [0.1, 0.15) is 24.8 Å². The van der Waals surface area contributed by atoms with E-state index in [9.17, 15) is 9.59 Å². The standard InChI is InChI=1S/C16H19N3O2/c1-16-10-17-7-8-18(16)15(21)19(14(16)20)13-9-12(13)11-5-3-2-4-6-11/h2-6,12-13,17H,7-10H2,1H3/t12-,13+,16-/m1/s1. The Bertz CT molecular complexity index is 603. The lowest BCUT2D eigenvalue weighted by Gasteiger charge is -2.36. The molecule has 1 aromatic carbocycles. The monoisotopic (exact) mass is 285 g/mol. The van der Waals surface area contributed by atoms with Crippen molar-refractivity contribution in [1.82, 2.24) is 15.1 Å². The molecule has 21 heavy (non-hydrogen) atoms. The summed E-state index contributed by atoms with van der Waals surface area (Å²) in [6, 6.07) is 10.1. The maximum absolute atomic E-state index is 12.8. The minimum Gasteiger partial charge on any atom is -0.312 e. The number of imide groups is 1. The third-order valence-corrected chi connectivity index (χ3v) is 5.01. The van der Waals surface area contributed by atoms with E-state index in [0.717, 1.165) is 13.0 Å². The molecule has 3 amide bonds. The van der Waals surface area contributed by atoms with Crippen LogP contribution in [0.2, 0.25) is 0 Å². The van der Waals surface area contributed by atoms with Crippen LogP contribution in [0.15, 0.2) is 30.3 Å². The fourth-order valence-electron chi connectivity index (χ4n) is 3.66. The summed E-state index contributed by atoms with van der Waals surface area (Å²) < 4.78 is 0. The minimum absolute atomic E-state index is 0.0369. The van der Waals surface area contributed by atoms with Crippen molar-refractivity contribution in [2.75, 3.05) is 19.6 Å². The Balaban J connectivity index is 1.60. The van der Waals surface area contributed by atoms with Crippen molar-refractivity contribution in [1.29, 1.82) is 0 Å². The highest BCUT2D eigenvalue weighted by Gasteiger charge is 2.61. The van der Waals surface area contributed by atoms with Gasteiger partial charge < -0.3 is 10.2 Å². The maximum Gasteiger partial charge on any atom is 0.328 e. The summed E-state index contributed by atoms with van der Waals surface area (Å²) in [6.45, 7) is 3.80. The van der Waals surface area contributed by atoms with Gasteiger partial charge in [-0.1, -0.05) is 30.3 Å². The summed E-state index contributed by atoms with van der Waals surface area (Å²) in [5, 5.41) is 3.23. The van der Waals surface area contributed by atoms with E-state index < -0.39 is 5.54 Å². The molecule has 3 atom stereocenters. The lowest BCUT2D eigenvalue weighted by atomic mass is 9.98. The van der Waals surface area contributed by atoms with Crippen LogP contribution in [0.4, 0.5) is 4.79 Å². The van der Waals surface area contributed by atoms with Gasteiger partial charge in [-0.25, -0.2) is 4.79 Å². The van der Waals surface area contributed by atoms with E-state index in [0.29, 0.717) is 19.0 Å². The number of urea groups is 1. The van der Waals surface area contributed by atoms with E-state index in [1.807, 2.05) is 25.1 Å². The average molecular weight is 285 g/mol. The number of carbonyl (C=O) groups excluding carboxylic acids is 2. The molecule has 2 saturated heterocycles. The second kappa shape index (κ2) is 4.31. The lowest BCUT2D eigenvalue weighted by molar-refractivity contribution is -0.133. The molecule has 0 aromatic heterocycles. The highest BCUT2D eigenvalue weighted by atomic mass is 16.2. The van der Waals surface area contributed by atoms with Gasteiger partial charge >= 0.3 is 6.03 Å². The molecule has 5 nitrogen and oxygen atoms in total. The van der Waals surface area contributed by atoms with Gasteiger partial charge in [0.15, 0.2) is 0 Å². The minimum atomic E-state index is -0.695. The highest BCUT2D eigenvalue weighted by Crippen LogP contribution is 2.48. The normalized spacial score (nSPS) is 35.1. The Morgan fingerprint density at radius 2 is 2.00 bits per heavy atom. The largest absolute Gasteiger partial charge is 0.328 e. The molecule has 5 heteroatoms. The van der Waals surface area contributed by atoms with Crippen molar-refractivity contribution in [2.24, 2.45) is 0 Å². The molecular formula is C16H19N3O2. The summed E-state index contributed by atoms with van der Waals surface area (Å²) in [4.78, 5) is 28.6. The first-order valence-corrected chi connectivity index (χ1v) is 7.54. The van der Waals surface area contributed by atoms with E-state index in [-0.39, 0.29) is 18.0 Å². The lowest BCUT2D eigenvalue weighted by Crippen LogP contribution is -2.59. The summed E-state index contributed by atoms with van der Waals surface area (Å²) in [5.41, 5.74) is 0.523. The molecule has 110 valence electrons. The van der Waals surface area contributed by atoms with Crippen LogP contribution in [-0.2, 0) is 4.79 Å². The Kier molecular flexibility index (Phi) is 2.63. The third kappa shape index (κ3) is 1.73. The molecule has 1 N–H and O–H groups in total. The fraction of sp³-hybridized carbons (Fsp3) is 0.500. The van der Waals surface area contributed by atoms with Crippen molar-refractivity contribution >= 4 is 11.9 Å². The van der Waals surface area contributed by atoms with E-state index >= 15 is 0 Å². The molecule has 0 spiro atoms. The van der Waals surface area contributed by atoms with Crippen molar-refractivity contribution in [3.8, 4) is 0 Å². The number of carbonyl (C=O) groups is 2. The van der Waals surface area contributed by atoms with Gasteiger partial charge in [0.25, 0.3) is 5.91 Å². The zero-order valence-corrected chi connectivity index (χ0v) is 12.1. The number of nitrogens with one attached hydrogen (secondary N) is 1. The summed E-state index contributed by atoms with van der Waals surface area (Å²) in [5.74, 6) is 0.264. The molecular weight excluding hydrogens is 266 g/mol. The number of hydrogen-bond donors (Lipinski definition) is 1. The Labute approximate surface area is 123 Å². The van der Waals surface area contributed by atoms with Crippen LogP contribution >= 0.6 is 0 Å². The van der Waals surface area contributed by atoms with Crippen LogP contribution < -0.4 is 5.32 Å². The predicted octanol–water partition coefficient (Wildman–Crippen LogP) is 1.17. The molecule has 2 heterocycles. The summed E-state index contributed by atoms with van der Waals surface area (Å²) in [6.07, 6.45) is 0.888. The van der Waals surface area contributed by atoms with Gasteiger partial charge in [0.2, 0.25) is 0 Å². The van der Waals surface area contributed by atoms with E-state index in [1.54, 1.807) is 4.90 Å². The molecule has 1 aromatic rings. The van der Waals surface area contributed by atoms with Crippen LogP contribution in [0.25, 0.3) is 0 Å². The van der Waals surface area contributed by atoms with Gasteiger partial charge in [-0.15, -0.1) is 0 Å². The van der Waals surface area contributed by atoms with Gasteiger partial charge in [-0.2, -0.15) is 0 Å². The van der Waals surface area contributed by atoms with Crippen LogP contribution in [0.3, 0.4) is 0 Å². The zero-order chi connectivity index (χ0) is 14.6. The van der Waals surface area contributed by atoms with Gasteiger partial charge in [-0.05, 0) is 18.9 Å². The SMILES string of the molecule is C[C@]12CNCCN1C(=O)N([C@H]1C[C@@H]1c1ccccc1)C2=O.